The normalized spacial score (nSPS) is 11.8. The van der Waals surface area contributed by atoms with E-state index in [0.29, 0.717) is 0 Å². The van der Waals surface area contributed by atoms with Gasteiger partial charge in [-0.3, -0.25) is 0 Å². The summed E-state index contributed by atoms with van der Waals surface area (Å²) in [7, 11) is 0. The highest BCUT2D eigenvalue weighted by molar-refractivity contribution is 5.22. The molecule has 0 saturated heterocycles. The van der Waals surface area contributed by atoms with Gasteiger partial charge in [0.25, 0.3) is 0 Å². The Labute approximate surface area is 98.7 Å². The summed E-state index contributed by atoms with van der Waals surface area (Å²) < 4.78 is 0. The van der Waals surface area contributed by atoms with Gasteiger partial charge >= 0.3 is 0 Å². The summed E-state index contributed by atoms with van der Waals surface area (Å²) in [5.41, 5.74) is 2.66. The summed E-state index contributed by atoms with van der Waals surface area (Å²) in [6.07, 6.45) is 1.04. The first-order valence-electron chi connectivity index (χ1n) is 5.91. The van der Waals surface area contributed by atoms with Crippen molar-refractivity contribution >= 4 is 0 Å². The van der Waals surface area contributed by atoms with E-state index in [1.165, 1.54) is 11.1 Å². The number of aliphatic hydroxyl groups excluding tert-OH is 1. The zero-order valence-corrected chi connectivity index (χ0v) is 10.6. The highest BCUT2D eigenvalue weighted by Gasteiger charge is 2.14. The minimum atomic E-state index is -0.0212. The van der Waals surface area contributed by atoms with Crippen LogP contribution in [0.2, 0.25) is 0 Å². The van der Waals surface area contributed by atoms with E-state index in [2.05, 4.69) is 50.4 Å². The van der Waals surface area contributed by atoms with E-state index in [1.807, 2.05) is 0 Å². The molecule has 1 aromatic rings. The summed E-state index contributed by atoms with van der Waals surface area (Å²) in [5.74, 6) is 0. The van der Waals surface area contributed by atoms with Gasteiger partial charge in [0.15, 0.2) is 0 Å². The minimum Gasteiger partial charge on any atom is -0.396 e. The summed E-state index contributed by atoms with van der Waals surface area (Å²) in [6.45, 7) is 8.29. The van der Waals surface area contributed by atoms with Crippen LogP contribution in [0.1, 0.15) is 25.0 Å². The maximum atomic E-state index is 9.11. The first-order valence-corrected chi connectivity index (χ1v) is 5.91. The van der Waals surface area contributed by atoms with Crippen LogP contribution in [0.15, 0.2) is 24.3 Å². The van der Waals surface area contributed by atoms with Gasteiger partial charge in [-0.2, -0.15) is 0 Å². The molecule has 2 nitrogen and oxygen atoms in total. The van der Waals surface area contributed by atoms with Crippen LogP contribution in [0, 0.1) is 12.3 Å². The van der Waals surface area contributed by atoms with Crippen LogP contribution in [0.5, 0.6) is 0 Å². The fourth-order valence-electron chi connectivity index (χ4n) is 1.58. The smallest absolute Gasteiger partial charge is 0.0494 e. The molecule has 0 unspecified atom stereocenters. The molecule has 0 aromatic heterocycles. The largest absolute Gasteiger partial charge is 0.396 e. The van der Waals surface area contributed by atoms with Crippen LogP contribution in [-0.2, 0) is 6.42 Å². The Kier molecular flexibility index (Phi) is 4.97. The number of hydrogen-bond acceptors (Lipinski definition) is 2. The van der Waals surface area contributed by atoms with Crippen LogP contribution in [0.25, 0.3) is 0 Å². The van der Waals surface area contributed by atoms with Crippen LogP contribution >= 0.6 is 0 Å². The van der Waals surface area contributed by atoms with Crippen molar-refractivity contribution in [3.8, 4) is 0 Å². The Bertz CT molecular complexity index is 320. The molecule has 0 heterocycles. The molecule has 0 bridgehead atoms. The van der Waals surface area contributed by atoms with Gasteiger partial charge in [-0.15, -0.1) is 0 Å². The van der Waals surface area contributed by atoms with Crippen LogP contribution in [-0.4, -0.2) is 24.8 Å². The second kappa shape index (κ2) is 6.02. The average Bonchev–Trinajstić information content (AvgIpc) is 2.25. The number of rotatable bonds is 6. The van der Waals surface area contributed by atoms with Gasteiger partial charge in [0.2, 0.25) is 0 Å². The second-order valence-corrected chi connectivity index (χ2v) is 5.24. The van der Waals surface area contributed by atoms with Crippen LogP contribution in [0.4, 0.5) is 0 Å². The molecule has 90 valence electrons. The lowest BCUT2D eigenvalue weighted by Gasteiger charge is -2.21. The average molecular weight is 221 g/mol. The predicted octanol–water partition coefficient (Wildman–Crippen LogP) is 2.15. The SMILES string of the molecule is Cc1cccc(CCNCC(C)(C)CO)c1. The lowest BCUT2D eigenvalue weighted by atomic mass is 9.95. The molecule has 2 N–H and O–H groups in total. The molecule has 0 aliphatic heterocycles. The molecule has 0 atom stereocenters. The maximum Gasteiger partial charge on any atom is 0.0494 e. The standard InChI is InChI=1S/C14H23NO/c1-12-5-4-6-13(9-12)7-8-15-10-14(2,3)11-16/h4-6,9,15-16H,7-8,10-11H2,1-3H3. The van der Waals surface area contributed by atoms with Gasteiger partial charge in [0, 0.05) is 18.6 Å². The lowest BCUT2D eigenvalue weighted by Crippen LogP contribution is -2.33. The monoisotopic (exact) mass is 221 g/mol. The predicted molar refractivity (Wildman–Crippen MR) is 68.6 cm³/mol. The summed E-state index contributed by atoms with van der Waals surface area (Å²) in [6, 6.07) is 8.60. The quantitative estimate of drug-likeness (QED) is 0.721. The van der Waals surface area contributed by atoms with E-state index in [4.69, 9.17) is 5.11 Å². The third-order valence-electron chi connectivity index (χ3n) is 2.70. The Morgan fingerprint density at radius 2 is 2.06 bits per heavy atom. The summed E-state index contributed by atoms with van der Waals surface area (Å²) >= 11 is 0. The second-order valence-electron chi connectivity index (χ2n) is 5.24. The van der Waals surface area contributed by atoms with Gasteiger partial charge in [-0.1, -0.05) is 43.7 Å². The van der Waals surface area contributed by atoms with Crippen molar-refractivity contribution in [2.45, 2.75) is 27.2 Å². The van der Waals surface area contributed by atoms with Gasteiger partial charge in [0.1, 0.15) is 0 Å². The Morgan fingerprint density at radius 1 is 1.31 bits per heavy atom. The van der Waals surface area contributed by atoms with Crippen molar-refractivity contribution in [3.05, 3.63) is 35.4 Å². The fourth-order valence-corrected chi connectivity index (χ4v) is 1.58. The zero-order chi connectivity index (χ0) is 12.0. The first-order chi connectivity index (χ1) is 7.53. The molecular formula is C14H23NO. The van der Waals surface area contributed by atoms with E-state index in [9.17, 15) is 0 Å². The number of benzene rings is 1. The molecule has 16 heavy (non-hydrogen) atoms. The van der Waals surface area contributed by atoms with Gasteiger partial charge in [-0.25, -0.2) is 0 Å². The Balaban J connectivity index is 2.26. The van der Waals surface area contributed by atoms with Gasteiger partial charge < -0.3 is 10.4 Å². The minimum absolute atomic E-state index is 0.0212. The number of hydrogen-bond donors (Lipinski definition) is 2. The van der Waals surface area contributed by atoms with Crippen molar-refractivity contribution < 1.29 is 5.11 Å². The topological polar surface area (TPSA) is 32.3 Å². The highest BCUT2D eigenvalue weighted by Crippen LogP contribution is 2.11. The molecule has 1 aromatic carbocycles. The zero-order valence-electron chi connectivity index (χ0n) is 10.6. The molecular weight excluding hydrogens is 198 g/mol. The van der Waals surface area contributed by atoms with Crippen molar-refractivity contribution in [1.29, 1.82) is 0 Å². The van der Waals surface area contributed by atoms with Crippen molar-refractivity contribution in [2.24, 2.45) is 5.41 Å². The molecule has 0 aliphatic carbocycles. The molecule has 0 radical (unpaired) electrons. The van der Waals surface area contributed by atoms with Crippen LogP contribution < -0.4 is 5.32 Å². The Hall–Kier alpha value is -0.860. The molecule has 1 rings (SSSR count). The molecule has 0 amide bonds. The molecule has 0 fully saturated rings. The van der Waals surface area contributed by atoms with Crippen molar-refractivity contribution in [2.75, 3.05) is 19.7 Å². The Morgan fingerprint density at radius 3 is 2.69 bits per heavy atom. The fraction of sp³-hybridized carbons (Fsp3) is 0.571. The van der Waals surface area contributed by atoms with Crippen molar-refractivity contribution in [1.82, 2.24) is 5.32 Å². The molecule has 0 saturated carbocycles. The molecule has 0 aliphatic rings. The summed E-state index contributed by atoms with van der Waals surface area (Å²) in [5, 5.41) is 12.5. The maximum absolute atomic E-state index is 9.11. The van der Waals surface area contributed by atoms with Crippen LogP contribution in [0.3, 0.4) is 0 Å². The van der Waals surface area contributed by atoms with E-state index in [-0.39, 0.29) is 12.0 Å². The van der Waals surface area contributed by atoms with E-state index >= 15 is 0 Å². The lowest BCUT2D eigenvalue weighted by molar-refractivity contribution is 0.157. The molecule has 0 spiro atoms. The van der Waals surface area contributed by atoms with E-state index < -0.39 is 0 Å². The summed E-state index contributed by atoms with van der Waals surface area (Å²) in [4.78, 5) is 0. The van der Waals surface area contributed by atoms with E-state index in [1.54, 1.807) is 0 Å². The number of aryl methyl sites for hydroxylation is 1. The first kappa shape index (κ1) is 13.2. The third kappa shape index (κ3) is 4.77. The van der Waals surface area contributed by atoms with E-state index in [0.717, 1.165) is 19.5 Å². The van der Waals surface area contributed by atoms with Gasteiger partial charge in [-0.05, 0) is 25.5 Å². The van der Waals surface area contributed by atoms with Crippen molar-refractivity contribution in [3.63, 3.8) is 0 Å². The molecule has 2 heteroatoms. The highest BCUT2D eigenvalue weighted by atomic mass is 16.3. The number of aliphatic hydroxyl groups is 1. The number of nitrogens with one attached hydrogen (secondary N) is 1. The third-order valence-corrected chi connectivity index (χ3v) is 2.70. The van der Waals surface area contributed by atoms with Gasteiger partial charge in [0.05, 0.1) is 0 Å².